The molecule has 0 aliphatic rings. The summed E-state index contributed by atoms with van der Waals surface area (Å²) in [6, 6.07) is 18.0. The van der Waals surface area contributed by atoms with Crippen LogP contribution in [0.3, 0.4) is 0 Å². The van der Waals surface area contributed by atoms with Crippen LogP contribution in [0, 0.1) is 17.0 Å². The Balaban J connectivity index is 1.80. The lowest BCUT2D eigenvalue weighted by molar-refractivity contribution is -0.384. The molecule has 0 spiro atoms. The third-order valence-electron chi connectivity index (χ3n) is 4.50. The fourth-order valence-electron chi connectivity index (χ4n) is 2.81. The zero-order valence-corrected chi connectivity index (χ0v) is 19.0. The van der Waals surface area contributed by atoms with Crippen LogP contribution in [0.1, 0.15) is 11.1 Å². The predicted molar refractivity (Wildman–Crippen MR) is 126 cm³/mol. The van der Waals surface area contributed by atoms with E-state index in [1.165, 1.54) is 54.7 Å². The molecule has 1 N–H and O–H groups in total. The molecule has 0 heterocycles. The van der Waals surface area contributed by atoms with Crippen LogP contribution < -0.4 is 9.73 Å². The number of rotatable bonds is 8. The monoisotopic (exact) mass is 486 g/mol. The van der Waals surface area contributed by atoms with Crippen LogP contribution >= 0.6 is 11.6 Å². The van der Waals surface area contributed by atoms with E-state index in [2.05, 4.69) is 10.5 Å². The molecule has 0 fully saturated rings. The number of nitro benzene ring substituents is 1. The van der Waals surface area contributed by atoms with Crippen LogP contribution in [0.15, 0.2) is 82.8 Å². The summed E-state index contributed by atoms with van der Waals surface area (Å²) in [6.45, 7) is 1.29. The molecule has 0 aliphatic carbocycles. The topological polar surface area (TPSA) is 122 Å². The van der Waals surface area contributed by atoms with Gasteiger partial charge >= 0.3 is 0 Å². The van der Waals surface area contributed by atoms with Gasteiger partial charge in [0.2, 0.25) is 0 Å². The number of benzene rings is 3. The molecule has 3 aromatic carbocycles. The number of aryl methyl sites for hydroxylation is 1. The van der Waals surface area contributed by atoms with Crippen molar-refractivity contribution < 1.29 is 18.1 Å². The standard InChI is InChI=1S/C22H19ClN4O5S/c1-16-5-11-21(12-6-16)33(31,32)26(20-4-2-3-18(23)13-20)15-22(28)25-24-14-17-7-9-19(10-8-17)27(29)30/h2-14H,15H2,1H3,(H,25,28)/b24-14-. The van der Waals surface area contributed by atoms with Crippen molar-refractivity contribution in [1.29, 1.82) is 0 Å². The minimum Gasteiger partial charge on any atom is -0.271 e. The van der Waals surface area contributed by atoms with E-state index in [1.807, 2.05) is 6.92 Å². The smallest absolute Gasteiger partial charge is 0.269 e. The second-order valence-electron chi connectivity index (χ2n) is 6.95. The number of nitro groups is 1. The molecule has 0 saturated heterocycles. The molecule has 0 aliphatic heterocycles. The summed E-state index contributed by atoms with van der Waals surface area (Å²) < 4.78 is 27.5. The van der Waals surface area contributed by atoms with Crippen LogP contribution in [0.25, 0.3) is 0 Å². The average molecular weight is 487 g/mol. The lowest BCUT2D eigenvalue weighted by Gasteiger charge is -2.24. The number of hydrazone groups is 1. The first kappa shape index (κ1) is 23.9. The van der Waals surface area contributed by atoms with Gasteiger partial charge in [-0.15, -0.1) is 0 Å². The van der Waals surface area contributed by atoms with Crippen LogP contribution in [0.4, 0.5) is 11.4 Å². The van der Waals surface area contributed by atoms with E-state index < -0.39 is 27.4 Å². The van der Waals surface area contributed by atoms with E-state index >= 15 is 0 Å². The third kappa shape index (κ3) is 6.15. The number of carbonyl (C=O) groups is 1. The number of non-ortho nitro benzene ring substituents is 1. The van der Waals surface area contributed by atoms with Crippen molar-refractivity contribution in [2.24, 2.45) is 5.10 Å². The van der Waals surface area contributed by atoms with Crippen LogP contribution in [0.5, 0.6) is 0 Å². The van der Waals surface area contributed by atoms with Crippen molar-refractivity contribution in [2.75, 3.05) is 10.8 Å². The Morgan fingerprint density at radius 3 is 2.39 bits per heavy atom. The lowest BCUT2D eigenvalue weighted by atomic mass is 10.2. The van der Waals surface area contributed by atoms with E-state index in [0.717, 1.165) is 9.87 Å². The Morgan fingerprint density at radius 2 is 1.79 bits per heavy atom. The molecule has 1 amide bonds. The minimum absolute atomic E-state index is 0.0234. The SMILES string of the molecule is Cc1ccc(S(=O)(=O)N(CC(=O)N/N=C\c2ccc([N+](=O)[O-])cc2)c2cccc(Cl)c2)cc1. The van der Waals surface area contributed by atoms with Gasteiger partial charge in [-0.25, -0.2) is 13.8 Å². The van der Waals surface area contributed by atoms with Crippen LogP contribution in [0.2, 0.25) is 5.02 Å². The Morgan fingerprint density at radius 1 is 1.12 bits per heavy atom. The number of amides is 1. The number of sulfonamides is 1. The van der Waals surface area contributed by atoms with Crippen molar-refractivity contribution in [3.05, 3.63) is 99.1 Å². The number of halogens is 1. The van der Waals surface area contributed by atoms with Gasteiger partial charge in [-0.2, -0.15) is 5.10 Å². The van der Waals surface area contributed by atoms with Gasteiger partial charge in [0.25, 0.3) is 21.6 Å². The molecular weight excluding hydrogens is 468 g/mol. The molecule has 3 rings (SSSR count). The molecule has 3 aromatic rings. The molecule has 11 heteroatoms. The van der Waals surface area contributed by atoms with Crippen molar-refractivity contribution in [3.8, 4) is 0 Å². The van der Waals surface area contributed by atoms with Gasteiger partial charge in [0, 0.05) is 17.2 Å². The molecule has 0 aromatic heterocycles. The minimum atomic E-state index is -4.07. The molecular formula is C22H19ClN4O5S. The average Bonchev–Trinajstić information content (AvgIpc) is 2.78. The number of hydrogen-bond acceptors (Lipinski definition) is 6. The maximum Gasteiger partial charge on any atom is 0.269 e. The Labute approximate surface area is 195 Å². The van der Waals surface area contributed by atoms with E-state index in [0.29, 0.717) is 10.6 Å². The highest BCUT2D eigenvalue weighted by Crippen LogP contribution is 2.26. The Bertz CT molecular complexity index is 1290. The number of nitrogens with zero attached hydrogens (tertiary/aromatic N) is 3. The molecule has 0 bridgehead atoms. The Hall–Kier alpha value is -3.76. The zero-order chi connectivity index (χ0) is 24.0. The molecule has 0 unspecified atom stereocenters. The zero-order valence-electron chi connectivity index (χ0n) is 17.4. The lowest BCUT2D eigenvalue weighted by Crippen LogP contribution is -2.39. The highest BCUT2D eigenvalue weighted by molar-refractivity contribution is 7.92. The predicted octanol–water partition coefficient (Wildman–Crippen LogP) is 3.90. The van der Waals surface area contributed by atoms with Gasteiger partial charge < -0.3 is 0 Å². The summed E-state index contributed by atoms with van der Waals surface area (Å²) in [4.78, 5) is 22.7. The van der Waals surface area contributed by atoms with E-state index in [1.54, 1.807) is 24.3 Å². The Kier molecular flexibility index (Phi) is 7.41. The molecule has 0 atom stereocenters. The van der Waals surface area contributed by atoms with E-state index in [4.69, 9.17) is 11.6 Å². The van der Waals surface area contributed by atoms with Crippen molar-refractivity contribution in [2.45, 2.75) is 11.8 Å². The number of hydrogen-bond donors (Lipinski definition) is 1. The quantitative estimate of drug-likeness (QED) is 0.294. The van der Waals surface area contributed by atoms with Crippen molar-refractivity contribution in [3.63, 3.8) is 0 Å². The first-order chi connectivity index (χ1) is 15.7. The van der Waals surface area contributed by atoms with Gasteiger partial charge in [-0.05, 0) is 55.0 Å². The summed E-state index contributed by atoms with van der Waals surface area (Å²) in [5.41, 5.74) is 3.82. The van der Waals surface area contributed by atoms with Crippen molar-refractivity contribution in [1.82, 2.24) is 5.43 Å². The largest absolute Gasteiger partial charge is 0.271 e. The summed E-state index contributed by atoms with van der Waals surface area (Å²) in [6.07, 6.45) is 1.29. The highest BCUT2D eigenvalue weighted by atomic mass is 35.5. The number of carbonyl (C=O) groups excluding carboxylic acids is 1. The fourth-order valence-corrected chi connectivity index (χ4v) is 4.41. The van der Waals surface area contributed by atoms with Gasteiger partial charge in [-0.3, -0.25) is 19.2 Å². The second kappa shape index (κ2) is 10.2. The maximum atomic E-state index is 13.3. The van der Waals surface area contributed by atoms with Gasteiger partial charge in [-0.1, -0.05) is 35.4 Å². The van der Waals surface area contributed by atoms with Crippen molar-refractivity contribution >= 4 is 45.1 Å². The summed E-state index contributed by atoms with van der Waals surface area (Å²) in [5, 5.41) is 14.8. The van der Waals surface area contributed by atoms with Crippen LogP contribution in [-0.4, -0.2) is 32.0 Å². The fraction of sp³-hybridized carbons (Fsp3) is 0.0909. The maximum absolute atomic E-state index is 13.3. The summed E-state index contributed by atoms with van der Waals surface area (Å²) in [5.74, 6) is -0.691. The molecule has 170 valence electrons. The number of nitrogens with one attached hydrogen (secondary N) is 1. The molecule has 0 radical (unpaired) electrons. The number of anilines is 1. The van der Waals surface area contributed by atoms with E-state index in [-0.39, 0.29) is 16.3 Å². The normalized spacial score (nSPS) is 11.3. The van der Waals surface area contributed by atoms with Crippen LogP contribution in [-0.2, 0) is 14.8 Å². The summed E-state index contributed by atoms with van der Waals surface area (Å²) in [7, 11) is -4.07. The van der Waals surface area contributed by atoms with Gasteiger partial charge in [0.1, 0.15) is 6.54 Å². The highest BCUT2D eigenvalue weighted by Gasteiger charge is 2.27. The second-order valence-corrected chi connectivity index (χ2v) is 9.25. The molecule has 0 saturated carbocycles. The first-order valence-electron chi connectivity index (χ1n) is 9.58. The van der Waals surface area contributed by atoms with E-state index in [9.17, 15) is 23.3 Å². The van der Waals surface area contributed by atoms with Gasteiger partial charge in [0.15, 0.2) is 0 Å². The van der Waals surface area contributed by atoms with Gasteiger partial charge in [0.05, 0.1) is 21.7 Å². The third-order valence-corrected chi connectivity index (χ3v) is 6.52. The molecule has 9 nitrogen and oxygen atoms in total. The molecule has 33 heavy (non-hydrogen) atoms. The summed E-state index contributed by atoms with van der Waals surface area (Å²) >= 11 is 6.04. The first-order valence-corrected chi connectivity index (χ1v) is 11.4.